The Kier molecular flexibility index (Phi) is 6.87. The summed E-state index contributed by atoms with van der Waals surface area (Å²) in [6.45, 7) is 0.650. The largest absolute Gasteiger partial charge is 0.379 e. The van der Waals surface area contributed by atoms with Gasteiger partial charge in [-0.1, -0.05) is 23.7 Å². The average molecular weight is 572 g/mol. The summed E-state index contributed by atoms with van der Waals surface area (Å²) in [5.74, 6) is -1.84. The summed E-state index contributed by atoms with van der Waals surface area (Å²) < 4.78 is 30.1. The molecule has 1 saturated heterocycles. The van der Waals surface area contributed by atoms with Crippen LogP contribution in [0, 0.1) is 17.1 Å². The third-order valence-corrected chi connectivity index (χ3v) is 7.48. The Labute approximate surface area is 239 Å². The lowest BCUT2D eigenvalue weighted by atomic mass is 9.90. The van der Waals surface area contributed by atoms with Gasteiger partial charge in [-0.3, -0.25) is 24.2 Å². The van der Waals surface area contributed by atoms with Crippen molar-refractivity contribution in [3.8, 4) is 6.07 Å². The maximum atomic E-state index is 16.4. The van der Waals surface area contributed by atoms with Gasteiger partial charge in [-0.15, -0.1) is 0 Å². The van der Waals surface area contributed by atoms with Crippen LogP contribution in [0.1, 0.15) is 55.2 Å². The first kappa shape index (κ1) is 26.8. The standard InChI is InChI=1S/C30H23ClFN5O4/c1-36-10-8-26(35-36)28(38)19-12-24-27(25(32)13-19)30(41-23-9-11-40-17-23,20-3-5-21(31)6-4-20)37(29(24)39)16-22-7-2-18(14-33)15-34-22/h2-8,10,12-13,15,23H,9,11,16-17H2,1H3/t23?,30-/m1/s1. The fourth-order valence-corrected chi connectivity index (χ4v) is 5.43. The molecule has 2 aromatic heterocycles. The number of fused-ring (bicyclic) bond motifs is 1. The number of hydrogen-bond donors (Lipinski definition) is 0. The molecule has 1 amide bonds. The maximum Gasteiger partial charge on any atom is 0.257 e. The lowest BCUT2D eigenvalue weighted by molar-refractivity contribution is -0.148. The zero-order valence-corrected chi connectivity index (χ0v) is 22.6. The van der Waals surface area contributed by atoms with Gasteiger partial charge < -0.3 is 9.47 Å². The molecule has 4 heterocycles. The number of nitrogens with zero attached hydrogens (tertiary/aromatic N) is 5. The zero-order chi connectivity index (χ0) is 28.7. The maximum absolute atomic E-state index is 16.4. The van der Waals surface area contributed by atoms with Crippen molar-refractivity contribution in [2.75, 3.05) is 13.2 Å². The van der Waals surface area contributed by atoms with Crippen LogP contribution in [0.4, 0.5) is 4.39 Å². The Morgan fingerprint density at radius 2 is 2.05 bits per heavy atom. The molecular weight excluding hydrogens is 549 g/mol. The Morgan fingerprint density at radius 1 is 1.24 bits per heavy atom. The molecule has 1 fully saturated rings. The van der Waals surface area contributed by atoms with E-state index in [2.05, 4.69) is 10.1 Å². The summed E-state index contributed by atoms with van der Waals surface area (Å²) in [4.78, 5) is 33.2. The van der Waals surface area contributed by atoms with E-state index in [9.17, 15) is 14.9 Å². The number of rotatable bonds is 7. The molecule has 2 aliphatic rings. The summed E-state index contributed by atoms with van der Waals surface area (Å²) in [5.41, 5.74) is -0.342. The van der Waals surface area contributed by atoms with Gasteiger partial charge >= 0.3 is 0 Å². The predicted octanol–water partition coefficient (Wildman–Crippen LogP) is 4.37. The summed E-state index contributed by atoms with van der Waals surface area (Å²) >= 11 is 6.21. The molecule has 2 aromatic carbocycles. The molecule has 9 nitrogen and oxygen atoms in total. The Bertz CT molecular complexity index is 1690. The number of benzene rings is 2. The minimum absolute atomic E-state index is 0.00760. The highest BCUT2D eigenvalue weighted by Crippen LogP contribution is 2.49. The molecule has 206 valence electrons. The van der Waals surface area contributed by atoms with Crippen LogP contribution in [0.25, 0.3) is 0 Å². The van der Waals surface area contributed by atoms with Crippen LogP contribution in [0.2, 0.25) is 5.02 Å². The van der Waals surface area contributed by atoms with Gasteiger partial charge in [0.05, 0.1) is 41.6 Å². The molecule has 0 N–H and O–H groups in total. The van der Waals surface area contributed by atoms with Crippen molar-refractivity contribution < 1.29 is 23.5 Å². The van der Waals surface area contributed by atoms with Gasteiger partial charge in [-0.05, 0) is 48.9 Å². The van der Waals surface area contributed by atoms with Crippen LogP contribution in [0.5, 0.6) is 0 Å². The first-order chi connectivity index (χ1) is 19.8. The van der Waals surface area contributed by atoms with Gasteiger partial charge in [0.25, 0.3) is 5.91 Å². The Morgan fingerprint density at radius 3 is 2.68 bits per heavy atom. The van der Waals surface area contributed by atoms with Gasteiger partial charge in [-0.25, -0.2) is 4.39 Å². The number of aromatic nitrogens is 3. The van der Waals surface area contributed by atoms with Gasteiger partial charge in [0.1, 0.15) is 17.6 Å². The second kappa shape index (κ2) is 10.5. The van der Waals surface area contributed by atoms with Gasteiger partial charge in [0.15, 0.2) is 0 Å². The monoisotopic (exact) mass is 571 g/mol. The number of carbonyl (C=O) groups is 2. The third-order valence-electron chi connectivity index (χ3n) is 7.23. The van der Waals surface area contributed by atoms with Crippen molar-refractivity contribution in [3.63, 3.8) is 0 Å². The van der Waals surface area contributed by atoms with Gasteiger partial charge in [0.2, 0.25) is 11.5 Å². The number of ether oxygens (including phenoxy) is 2. The number of aryl methyl sites for hydroxylation is 1. The van der Waals surface area contributed by atoms with E-state index in [0.717, 1.165) is 6.07 Å². The minimum Gasteiger partial charge on any atom is -0.379 e. The molecule has 2 atom stereocenters. The molecule has 0 aliphatic carbocycles. The number of pyridine rings is 1. The second-order valence-electron chi connectivity index (χ2n) is 9.88. The number of carbonyl (C=O) groups excluding carboxylic acids is 2. The third kappa shape index (κ3) is 4.68. The molecule has 4 aromatic rings. The average Bonchev–Trinajstić information content (AvgIpc) is 3.70. The van der Waals surface area contributed by atoms with Crippen LogP contribution in [0.15, 0.2) is 67.0 Å². The van der Waals surface area contributed by atoms with E-state index in [1.807, 2.05) is 6.07 Å². The molecule has 0 saturated carbocycles. The van der Waals surface area contributed by atoms with Crippen LogP contribution in [-0.2, 0) is 28.8 Å². The topological polar surface area (TPSA) is 110 Å². The number of amides is 1. The highest BCUT2D eigenvalue weighted by atomic mass is 35.5. The van der Waals surface area contributed by atoms with Crippen molar-refractivity contribution in [1.29, 1.82) is 5.26 Å². The SMILES string of the molecule is Cn1ccc(C(=O)c2cc(F)c3c(c2)C(=O)N(Cc2ccc(C#N)cn2)[C@@]3(OC2CCOC2)c2ccc(Cl)cc2)n1. The minimum atomic E-state index is -1.72. The molecule has 11 heteroatoms. The molecule has 0 radical (unpaired) electrons. The highest BCUT2D eigenvalue weighted by molar-refractivity contribution is 6.30. The quantitative estimate of drug-likeness (QED) is 0.303. The van der Waals surface area contributed by atoms with Crippen LogP contribution in [0.3, 0.4) is 0 Å². The molecule has 2 aliphatic heterocycles. The Hall–Kier alpha value is -4.43. The molecule has 0 spiro atoms. The molecule has 41 heavy (non-hydrogen) atoms. The summed E-state index contributed by atoms with van der Waals surface area (Å²) in [7, 11) is 1.67. The van der Waals surface area contributed by atoms with E-state index in [1.165, 1.54) is 27.9 Å². The second-order valence-corrected chi connectivity index (χ2v) is 10.3. The van der Waals surface area contributed by atoms with E-state index in [4.69, 9.17) is 21.1 Å². The van der Waals surface area contributed by atoms with Crippen LogP contribution < -0.4 is 0 Å². The number of halogens is 2. The summed E-state index contributed by atoms with van der Waals surface area (Å²) in [5, 5.41) is 13.8. The first-order valence-electron chi connectivity index (χ1n) is 12.9. The fourth-order valence-electron chi connectivity index (χ4n) is 5.30. The first-order valence-corrected chi connectivity index (χ1v) is 13.2. The van der Waals surface area contributed by atoms with Crippen molar-refractivity contribution in [3.05, 3.63) is 117 Å². The zero-order valence-electron chi connectivity index (χ0n) is 21.9. The predicted molar refractivity (Wildman–Crippen MR) is 144 cm³/mol. The van der Waals surface area contributed by atoms with Crippen molar-refractivity contribution in [1.82, 2.24) is 19.7 Å². The Balaban J connectivity index is 1.55. The van der Waals surface area contributed by atoms with Crippen molar-refractivity contribution in [2.24, 2.45) is 7.05 Å². The van der Waals surface area contributed by atoms with E-state index in [1.54, 1.807) is 49.6 Å². The van der Waals surface area contributed by atoms with Crippen molar-refractivity contribution >= 4 is 23.3 Å². The molecule has 0 bridgehead atoms. The van der Waals surface area contributed by atoms with E-state index >= 15 is 4.39 Å². The van der Waals surface area contributed by atoms with E-state index in [-0.39, 0.29) is 35.5 Å². The highest BCUT2D eigenvalue weighted by Gasteiger charge is 2.55. The number of nitriles is 1. The number of ketones is 1. The van der Waals surface area contributed by atoms with Crippen LogP contribution >= 0.6 is 11.6 Å². The van der Waals surface area contributed by atoms with Gasteiger partial charge in [-0.2, -0.15) is 10.4 Å². The summed E-state index contributed by atoms with van der Waals surface area (Å²) in [6, 6.07) is 15.9. The fraction of sp³-hybridized carbons (Fsp3) is 0.233. The number of hydrogen-bond acceptors (Lipinski definition) is 7. The molecule has 6 rings (SSSR count). The normalized spacial score (nSPS) is 19.8. The smallest absolute Gasteiger partial charge is 0.257 e. The van der Waals surface area contributed by atoms with Crippen molar-refractivity contribution in [2.45, 2.75) is 24.8 Å². The molecular formula is C30H23ClFN5O4. The summed E-state index contributed by atoms with van der Waals surface area (Å²) in [6.07, 6.45) is 3.11. The van der Waals surface area contributed by atoms with Gasteiger partial charge in [0, 0.05) is 42.2 Å². The molecule has 1 unspecified atom stereocenters. The van der Waals surface area contributed by atoms with E-state index < -0.39 is 29.3 Å². The van der Waals surface area contributed by atoms with Crippen LogP contribution in [-0.4, -0.2) is 50.7 Å². The lowest BCUT2D eigenvalue weighted by Crippen LogP contribution is -2.49. The van der Waals surface area contributed by atoms with E-state index in [0.29, 0.717) is 34.9 Å². The lowest BCUT2D eigenvalue weighted by Gasteiger charge is -2.41.